The van der Waals surface area contributed by atoms with Crippen molar-refractivity contribution in [1.82, 2.24) is 19.9 Å². The Balaban J connectivity index is 1.59. The Kier molecular flexibility index (Phi) is 4.85. The number of ether oxygens (including phenoxy) is 1. The molecule has 0 bridgehead atoms. The third-order valence-electron chi connectivity index (χ3n) is 3.85. The van der Waals surface area contributed by atoms with Crippen LogP contribution in [0.25, 0.3) is 0 Å². The van der Waals surface area contributed by atoms with Crippen molar-refractivity contribution in [2.45, 2.75) is 24.4 Å². The van der Waals surface area contributed by atoms with Gasteiger partial charge >= 0.3 is 0 Å². The van der Waals surface area contributed by atoms with Crippen molar-refractivity contribution in [3.63, 3.8) is 0 Å². The molecule has 0 radical (unpaired) electrons. The van der Waals surface area contributed by atoms with E-state index in [1.165, 1.54) is 5.56 Å². The van der Waals surface area contributed by atoms with E-state index in [2.05, 4.69) is 15.3 Å². The molecule has 1 aliphatic rings. The number of nitrogens with zero attached hydrogens (tertiary/aromatic N) is 3. The van der Waals surface area contributed by atoms with Crippen molar-refractivity contribution in [3.05, 3.63) is 35.3 Å². The molecule has 2 aromatic heterocycles. The highest BCUT2D eigenvalue weighted by Gasteiger charge is 2.20. The lowest BCUT2D eigenvalue weighted by molar-refractivity contribution is 0.0952. The van der Waals surface area contributed by atoms with Crippen LogP contribution in [-0.2, 0) is 19.9 Å². The number of amides is 1. The number of hydrogen-bond acceptors (Lipinski definition) is 5. The van der Waals surface area contributed by atoms with Gasteiger partial charge < -0.3 is 14.6 Å². The SMILES string of the molecule is COc1nc2c(cc1C(=O)NCCSc1nccn1C)CCC2. The highest BCUT2D eigenvalue weighted by Crippen LogP contribution is 2.26. The first-order chi connectivity index (χ1) is 11.2. The Labute approximate surface area is 139 Å². The molecule has 0 unspecified atom stereocenters. The Morgan fingerprint density at radius 1 is 1.48 bits per heavy atom. The Hall–Kier alpha value is -2.02. The van der Waals surface area contributed by atoms with Crippen LogP contribution >= 0.6 is 11.8 Å². The summed E-state index contributed by atoms with van der Waals surface area (Å²) in [6.45, 7) is 0.566. The van der Waals surface area contributed by atoms with E-state index in [0.29, 0.717) is 18.0 Å². The molecule has 1 amide bonds. The van der Waals surface area contributed by atoms with E-state index in [1.54, 1.807) is 25.1 Å². The molecule has 0 fully saturated rings. The van der Waals surface area contributed by atoms with E-state index in [9.17, 15) is 4.79 Å². The Morgan fingerprint density at radius 3 is 3.09 bits per heavy atom. The number of fused-ring (bicyclic) bond motifs is 1. The molecule has 2 heterocycles. The number of nitrogens with one attached hydrogen (secondary N) is 1. The van der Waals surface area contributed by atoms with E-state index in [1.807, 2.05) is 23.9 Å². The molecule has 6 nitrogen and oxygen atoms in total. The number of imidazole rings is 1. The van der Waals surface area contributed by atoms with Crippen LogP contribution in [0.3, 0.4) is 0 Å². The molecular formula is C16H20N4O2S. The maximum atomic E-state index is 12.4. The summed E-state index contributed by atoms with van der Waals surface area (Å²) in [6, 6.07) is 1.93. The average Bonchev–Trinajstić information content (AvgIpc) is 3.18. The molecular weight excluding hydrogens is 312 g/mol. The van der Waals surface area contributed by atoms with Gasteiger partial charge in [0.2, 0.25) is 5.88 Å². The third kappa shape index (κ3) is 3.50. The maximum Gasteiger partial charge on any atom is 0.256 e. The van der Waals surface area contributed by atoms with E-state index in [-0.39, 0.29) is 5.91 Å². The molecule has 0 saturated carbocycles. The van der Waals surface area contributed by atoms with Crippen LogP contribution in [0.2, 0.25) is 0 Å². The number of hydrogen-bond donors (Lipinski definition) is 1. The summed E-state index contributed by atoms with van der Waals surface area (Å²) in [6.07, 6.45) is 6.72. The predicted octanol–water partition coefficient (Wildman–Crippen LogP) is 1.83. The predicted molar refractivity (Wildman–Crippen MR) is 89.1 cm³/mol. The van der Waals surface area contributed by atoms with Crippen LogP contribution in [0.4, 0.5) is 0 Å². The van der Waals surface area contributed by atoms with Crippen LogP contribution < -0.4 is 10.1 Å². The first-order valence-electron chi connectivity index (χ1n) is 7.64. The fourth-order valence-corrected chi connectivity index (χ4v) is 3.45. The summed E-state index contributed by atoms with van der Waals surface area (Å²) in [7, 11) is 3.51. The lowest BCUT2D eigenvalue weighted by Gasteiger charge is -2.10. The van der Waals surface area contributed by atoms with Crippen LogP contribution in [0, 0.1) is 0 Å². The normalized spacial score (nSPS) is 13.0. The summed E-state index contributed by atoms with van der Waals surface area (Å²) >= 11 is 1.61. The number of aromatic nitrogens is 3. The lowest BCUT2D eigenvalue weighted by atomic mass is 10.1. The monoisotopic (exact) mass is 332 g/mol. The van der Waals surface area contributed by atoms with Crippen LogP contribution in [0.1, 0.15) is 28.0 Å². The second-order valence-electron chi connectivity index (χ2n) is 5.43. The molecule has 122 valence electrons. The number of methoxy groups -OCH3 is 1. The van der Waals surface area contributed by atoms with Gasteiger partial charge in [-0.25, -0.2) is 9.97 Å². The van der Waals surface area contributed by atoms with Gasteiger partial charge in [-0.15, -0.1) is 0 Å². The molecule has 1 aliphatic carbocycles. The second-order valence-corrected chi connectivity index (χ2v) is 6.49. The average molecular weight is 332 g/mol. The second kappa shape index (κ2) is 7.04. The van der Waals surface area contributed by atoms with Crippen molar-refractivity contribution < 1.29 is 9.53 Å². The maximum absolute atomic E-state index is 12.4. The molecule has 0 aliphatic heterocycles. The zero-order valence-corrected chi connectivity index (χ0v) is 14.2. The minimum atomic E-state index is -0.135. The number of aryl methyl sites for hydroxylation is 3. The van der Waals surface area contributed by atoms with E-state index < -0.39 is 0 Å². The third-order valence-corrected chi connectivity index (χ3v) is 4.91. The molecule has 0 aromatic carbocycles. The topological polar surface area (TPSA) is 69.0 Å². The lowest BCUT2D eigenvalue weighted by Crippen LogP contribution is -2.26. The molecule has 2 aromatic rings. The summed E-state index contributed by atoms with van der Waals surface area (Å²) < 4.78 is 7.24. The highest BCUT2D eigenvalue weighted by molar-refractivity contribution is 7.99. The largest absolute Gasteiger partial charge is 0.480 e. The smallest absolute Gasteiger partial charge is 0.256 e. The number of pyridine rings is 1. The van der Waals surface area contributed by atoms with Gasteiger partial charge in [0.15, 0.2) is 5.16 Å². The van der Waals surface area contributed by atoms with Crippen molar-refractivity contribution in [2.75, 3.05) is 19.4 Å². The van der Waals surface area contributed by atoms with Gasteiger partial charge in [-0.05, 0) is 30.9 Å². The Morgan fingerprint density at radius 2 is 2.35 bits per heavy atom. The summed E-state index contributed by atoms with van der Waals surface area (Å²) in [4.78, 5) is 21.1. The number of thioether (sulfide) groups is 1. The molecule has 3 rings (SSSR count). The van der Waals surface area contributed by atoms with Gasteiger partial charge in [0.25, 0.3) is 5.91 Å². The highest BCUT2D eigenvalue weighted by atomic mass is 32.2. The molecule has 23 heavy (non-hydrogen) atoms. The standard InChI is InChI=1S/C16H20N4O2S/c1-20-8-6-18-16(20)23-9-7-17-14(21)12-10-11-4-3-5-13(11)19-15(12)22-2/h6,8,10H,3-5,7,9H2,1-2H3,(H,17,21). The quantitative estimate of drug-likeness (QED) is 0.646. The van der Waals surface area contributed by atoms with Gasteiger partial charge in [0, 0.05) is 37.4 Å². The van der Waals surface area contributed by atoms with Gasteiger partial charge in [-0.2, -0.15) is 0 Å². The van der Waals surface area contributed by atoms with Crippen LogP contribution in [0.15, 0.2) is 23.6 Å². The fourth-order valence-electron chi connectivity index (χ4n) is 2.66. The number of rotatable bonds is 6. The first-order valence-corrected chi connectivity index (χ1v) is 8.62. The molecule has 0 spiro atoms. The van der Waals surface area contributed by atoms with Crippen molar-refractivity contribution >= 4 is 17.7 Å². The zero-order chi connectivity index (χ0) is 16.2. The van der Waals surface area contributed by atoms with Crippen molar-refractivity contribution in [2.24, 2.45) is 7.05 Å². The van der Waals surface area contributed by atoms with E-state index >= 15 is 0 Å². The molecule has 7 heteroatoms. The Bertz CT molecular complexity index is 714. The van der Waals surface area contributed by atoms with Crippen molar-refractivity contribution in [3.8, 4) is 5.88 Å². The van der Waals surface area contributed by atoms with Gasteiger partial charge in [-0.1, -0.05) is 11.8 Å². The van der Waals surface area contributed by atoms with Gasteiger partial charge in [0.1, 0.15) is 5.56 Å². The minimum absolute atomic E-state index is 0.135. The summed E-state index contributed by atoms with van der Waals surface area (Å²) in [5.41, 5.74) is 2.75. The minimum Gasteiger partial charge on any atom is -0.480 e. The molecule has 0 saturated heterocycles. The molecule has 1 N–H and O–H groups in total. The summed E-state index contributed by atoms with van der Waals surface area (Å²) in [5.74, 6) is 1.04. The van der Waals surface area contributed by atoms with Crippen LogP contribution in [0.5, 0.6) is 5.88 Å². The van der Waals surface area contributed by atoms with Gasteiger partial charge in [0.05, 0.1) is 7.11 Å². The fraction of sp³-hybridized carbons (Fsp3) is 0.438. The van der Waals surface area contributed by atoms with Crippen LogP contribution in [-0.4, -0.2) is 39.8 Å². The first kappa shape index (κ1) is 15.9. The van der Waals surface area contributed by atoms with E-state index in [0.717, 1.165) is 35.9 Å². The zero-order valence-electron chi connectivity index (χ0n) is 13.3. The summed E-state index contributed by atoms with van der Waals surface area (Å²) in [5, 5.41) is 3.87. The molecule has 0 atom stereocenters. The van der Waals surface area contributed by atoms with Gasteiger partial charge in [-0.3, -0.25) is 4.79 Å². The van der Waals surface area contributed by atoms with Crippen molar-refractivity contribution in [1.29, 1.82) is 0 Å². The number of carbonyl (C=O) groups is 1. The van der Waals surface area contributed by atoms with E-state index in [4.69, 9.17) is 4.74 Å². The number of carbonyl (C=O) groups excluding carboxylic acids is 1.